The highest BCUT2D eigenvalue weighted by Crippen LogP contribution is 2.28. The van der Waals surface area contributed by atoms with Crippen LogP contribution >= 0.6 is 11.3 Å². The maximum Gasteiger partial charge on any atom is 0.413 e. The molecule has 2 aromatic heterocycles. The van der Waals surface area contributed by atoms with Gasteiger partial charge in [0, 0.05) is 0 Å². The Morgan fingerprint density at radius 1 is 1.11 bits per heavy atom. The molecule has 0 unspecified atom stereocenters. The number of rotatable bonds is 5. The normalized spacial score (nSPS) is 10.7. The van der Waals surface area contributed by atoms with E-state index in [9.17, 15) is 14.7 Å². The van der Waals surface area contributed by atoms with Gasteiger partial charge in [-0.3, -0.25) is 5.32 Å². The second-order valence-electron chi connectivity index (χ2n) is 5.77. The fourth-order valence-electron chi connectivity index (χ4n) is 2.58. The number of aromatic carboxylic acids is 1. The molecule has 0 aliphatic heterocycles. The second-order valence-corrected chi connectivity index (χ2v) is 6.78. The topological polar surface area (TPSA) is 106 Å². The molecule has 2 aromatic carbocycles. The Balaban J connectivity index is 1.60. The molecule has 0 fully saturated rings. The van der Waals surface area contributed by atoms with Gasteiger partial charge >= 0.3 is 12.1 Å². The lowest BCUT2D eigenvalue weighted by Gasteiger charge is -2.09. The lowest BCUT2D eigenvalue weighted by atomic mass is 10.2. The molecule has 140 valence electrons. The van der Waals surface area contributed by atoms with Crippen LogP contribution in [-0.4, -0.2) is 31.9 Å². The van der Waals surface area contributed by atoms with E-state index < -0.39 is 12.1 Å². The Hall–Kier alpha value is -3.72. The first-order valence-electron chi connectivity index (χ1n) is 8.27. The predicted octanol–water partition coefficient (Wildman–Crippen LogP) is 3.93. The minimum absolute atomic E-state index is 0.00961. The van der Waals surface area contributed by atoms with Gasteiger partial charge in [0.15, 0.2) is 5.82 Å². The largest absolute Gasteiger partial charge is 0.477 e. The maximum atomic E-state index is 12.2. The fourth-order valence-corrected chi connectivity index (χ4v) is 3.51. The summed E-state index contributed by atoms with van der Waals surface area (Å²) in [6.45, 7) is 0.0599. The van der Waals surface area contributed by atoms with Crippen molar-refractivity contribution in [3.8, 4) is 5.13 Å². The lowest BCUT2D eigenvalue weighted by molar-refractivity contribution is 0.0698. The summed E-state index contributed by atoms with van der Waals surface area (Å²) in [5.41, 5.74) is 1.42. The predicted molar refractivity (Wildman–Crippen MR) is 104 cm³/mol. The zero-order chi connectivity index (χ0) is 19.5. The molecule has 0 saturated carbocycles. The van der Waals surface area contributed by atoms with Crippen LogP contribution in [0.1, 0.15) is 15.9 Å². The van der Waals surface area contributed by atoms with E-state index >= 15 is 0 Å². The summed E-state index contributed by atoms with van der Waals surface area (Å²) in [5.74, 6) is -1.23. The highest BCUT2D eigenvalue weighted by atomic mass is 32.1. The molecule has 0 radical (unpaired) electrons. The number of carbonyl (C=O) groups excluding carboxylic acids is 1. The number of hydrogen-bond donors (Lipinski definition) is 2. The average Bonchev–Trinajstić information content (AvgIpc) is 3.31. The molecule has 9 heteroatoms. The molecule has 0 aliphatic rings. The van der Waals surface area contributed by atoms with E-state index in [2.05, 4.69) is 15.4 Å². The van der Waals surface area contributed by atoms with E-state index in [1.165, 1.54) is 22.2 Å². The number of carboxylic acid groups (broad SMARTS) is 1. The van der Waals surface area contributed by atoms with Crippen LogP contribution in [0, 0.1) is 0 Å². The summed E-state index contributed by atoms with van der Waals surface area (Å²) in [7, 11) is 0. The molecule has 2 N–H and O–H groups in total. The minimum atomic E-state index is -1.22. The van der Waals surface area contributed by atoms with Gasteiger partial charge in [-0.05, 0) is 17.7 Å². The number of para-hydroxylation sites is 1. The fraction of sp³-hybridized carbons (Fsp3) is 0.0526. The van der Waals surface area contributed by atoms with Crippen molar-refractivity contribution in [1.82, 2.24) is 14.8 Å². The molecule has 4 aromatic rings. The molecule has 4 rings (SSSR count). The zero-order valence-corrected chi connectivity index (χ0v) is 15.2. The number of hydrogen-bond acceptors (Lipinski definition) is 6. The molecule has 0 atom stereocenters. The van der Waals surface area contributed by atoms with Crippen molar-refractivity contribution in [3.63, 3.8) is 0 Å². The van der Waals surface area contributed by atoms with E-state index in [1.54, 1.807) is 0 Å². The number of anilines is 1. The molecule has 8 nitrogen and oxygen atoms in total. The standard InChI is InChI=1S/C19H14N4O4S/c24-17(25)13-10-20-23(18-21-14-8-4-5-9-15(14)28-18)16(13)22-19(26)27-11-12-6-2-1-3-7-12/h1-10H,11H2,(H,22,26)(H,24,25). The van der Waals surface area contributed by atoms with Gasteiger partial charge in [-0.1, -0.05) is 53.8 Å². The summed E-state index contributed by atoms with van der Waals surface area (Å²) < 4.78 is 7.39. The number of aromatic nitrogens is 3. The summed E-state index contributed by atoms with van der Waals surface area (Å²) in [5, 5.41) is 16.4. The van der Waals surface area contributed by atoms with Crippen LogP contribution in [0.3, 0.4) is 0 Å². The van der Waals surface area contributed by atoms with Crippen molar-refractivity contribution in [2.75, 3.05) is 5.32 Å². The van der Waals surface area contributed by atoms with Gasteiger partial charge in [-0.2, -0.15) is 9.78 Å². The molecular weight excluding hydrogens is 380 g/mol. The van der Waals surface area contributed by atoms with Crippen LogP contribution in [0.25, 0.3) is 15.3 Å². The molecule has 1 amide bonds. The van der Waals surface area contributed by atoms with Crippen LogP contribution in [-0.2, 0) is 11.3 Å². The summed E-state index contributed by atoms with van der Waals surface area (Å²) in [6.07, 6.45) is 0.385. The molecule has 0 bridgehead atoms. The number of thiazole rings is 1. The summed E-state index contributed by atoms with van der Waals surface area (Å²) >= 11 is 1.33. The Kier molecular flexibility index (Phi) is 4.73. The quantitative estimate of drug-likeness (QED) is 0.531. The van der Waals surface area contributed by atoms with Gasteiger partial charge in [0.05, 0.1) is 16.4 Å². The van der Waals surface area contributed by atoms with Gasteiger partial charge < -0.3 is 9.84 Å². The third-order valence-corrected chi connectivity index (χ3v) is 4.91. The number of nitrogens with zero attached hydrogens (tertiary/aromatic N) is 3. The van der Waals surface area contributed by atoms with Gasteiger partial charge in [0.1, 0.15) is 12.2 Å². The van der Waals surface area contributed by atoms with E-state index in [4.69, 9.17) is 4.74 Å². The average molecular weight is 394 g/mol. The first kappa shape index (κ1) is 17.7. The van der Waals surface area contributed by atoms with E-state index in [0.717, 1.165) is 15.8 Å². The van der Waals surface area contributed by atoms with Gasteiger partial charge in [-0.15, -0.1) is 0 Å². The van der Waals surface area contributed by atoms with Crippen molar-refractivity contribution in [2.24, 2.45) is 0 Å². The van der Waals surface area contributed by atoms with Crippen molar-refractivity contribution >= 4 is 39.4 Å². The molecule has 2 heterocycles. The maximum absolute atomic E-state index is 12.2. The SMILES string of the molecule is O=C(Nc1c(C(=O)O)cnn1-c1nc2ccccc2s1)OCc1ccccc1. The minimum Gasteiger partial charge on any atom is -0.477 e. The van der Waals surface area contributed by atoms with Crippen LogP contribution < -0.4 is 5.32 Å². The highest BCUT2D eigenvalue weighted by molar-refractivity contribution is 7.20. The smallest absolute Gasteiger partial charge is 0.413 e. The number of amides is 1. The molecule has 28 heavy (non-hydrogen) atoms. The van der Waals surface area contributed by atoms with Crippen molar-refractivity contribution in [3.05, 3.63) is 71.9 Å². The van der Waals surface area contributed by atoms with E-state index in [1.807, 2.05) is 54.6 Å². The van der Waals surface area contributed by atoms with Gasteiger partial charge in [0.2, 0.25) is 5.13 Å². The molecule has 0 saturated heterocycles. The third kappa shape index (κ3) is 3.55. The van der Waals surface area contributed by atoms with Crippen molar-refractivity contribution < 1.29 is 19.4 Å². The second kappa shape index (κ2) is 7.49. The number of nitrogens with one attached hydrogen (secondary N) is 1. The van der Waals surface area contributed by atoms with Crippen LogP contribution in [0.15, 0.2) is 60.8 Å². The van der Waals surface area contributed by atoms with Crippen LogP contribution in [0.2, 0.25) is 0 Å². The molecule has 0 aliphatic carbocycles. The monoisotopic (exact) mass is 394 g/mol. The Bertz CT molecular complexity index is 1120. The van der Waals surface area contributed by atoms with E-state index in [0.29, 0.717) is 5.13 Å². The summed E-state index contributed by atoms with van der Waals surface area (Å²) in [6, 6.07) is 16.7. The summed E-state index contributed by atoms with van der Waals surface area (Å²) in [4.78, 5) is 28.2. The van der Waals surface area contributed by atoms with Crippen LogP contribution in [0.4, 0.5) is 10.6 Å². The van der Waals surface area contributed by atoms with Gasteiger partial charge in [-0.25, -0.2) is 14.6 Å². The highest BCUT2D eigenvalue weighted by Gasteiger charge is 2.22. The lowest BCUT2D eigenvalue weighted by Crippen LogP contribution is -2.18. The first-order valence-corrected chi connectivity index (χ1v) is 9.08. The zero-order valence-electron chi connectivity index (χ0n) is 14.4. The number of carboxylic acids is 1. The Morgan fingerprint density at radius 3 is 2.61 bits per heavy atom. The van der Waals surface area contributed by atoms with Crippen LogP contribution in [0.5, 0.6) is 0 Å². The Morgan fingerprint density at radius 2 is 1.86 bits per heavy atom. The van der Waals surface area contributed by atoms with Gasteiger partial charge in [0.25, 0.3) is 0 Å². The third-order valence-electron chi connectivity index (χ3n) is 3.90. The van der Waals surface area contributed by atoms with E-state index in [-0.39, 0.29) is 18.0 Å². The van der Waals surface area contributed by atoms with Crippen molar-refractivity contribution in [2.45, 2.75) is 6.61 Å². The number of carbonyl (C=O) groups is 2. The van der Waals surface area contributed by atoms with Crippen molar-refractivity contribution in [1.29, 1.82) is 0 Å². The molecule has 0 spiro atoms. The Labute approximate surface area is 163 Å². The first-order chi connectivity index (χ1) is 13.6. The number of benzene rings is 2. The molecular formula is C19H14N4O4S. The number of ether oxygens (including phenoxy) is 1. The number of fused-ring (bicyclic) bond motifs is 1.